The van der Waals surface area contributed by atoms with Gasteiger partial charge in [-0.1, -0.05) is 214 Å². The zero-order valence-electron chi connectivity index (χ0n) is 38.9. The van der Waals surface area contributed by atoms with Gasteiger partial charge in [-0.3, -0.25) is 14.4 Å². The minimum atomic E-state index is -0.0294. The summed E-state index contributed by atoms with van der Waals surface area (Å²) in [6, 6.07) is 0.359. The van der Waals surface area contributed by atoms with E-state index in [0.717, 1.165) is 77.2 Å². The molecule has 6 heteroatoms. The molecule has 2 unspecified atom stereocenters. The van der Waals surface area contributed by atoms with E-state index in [4.69, 9.17) is 9.47 Å². The van der Waals surface area contributed by atoms with Gasteiger partial charge >= 0.3 is 11.9 Å². The van der Waals surface area contributed by atoms with Crippen molar-refractivity contribution >= 4 is 18.3 Å². The number of amides is 1. The molecule has 0 aliphatic heterocycles. The molecule has 0 aromatic carbocycles. The Hall–Kier alpha value is -1.59. The molecule has 0 radical (unpaired) electrons. The fourth-order valence-electron chi connectivity index (χ4n) is 8.20. The quantitative estimate of drug-likeness (QED) is 0.0348. The largest absolute Gasteiger partial charge is 0.466 e. The fourth-order valence-corrected chi connectivity index (χ4v) is 8.20. The van der Waals surface area contributed by atoms with E-state index in [2.05, 4.69) is 32.6 Å². The highest BCUT2D eigenvalue weighted by atomic mass is 16.5. The van der Waals surface area contributed by atoms with Crippen LogP contribution in [0, 0.1) is 5.92 Å². The second-order valence-electron chi connectivity index (χ2n) is 17.7. The topological polar surface area (TPSA) is 72.9 Å². The van der Waals surface area contributed by atoms with E-state index in [9.17, 15) is 14.4 Å². The second-order valence-corrected chi connectivity index (χ2v) is 17.7. The van der Waals surface area contributed by atoms with Gasteiger partial charge in [0.05, 0.1) is 13.2 Å². The summed E-state index contributed by atoms with van der Waals surface area (Å²) in [6.07, 6.45) is 46.9. The average Bonchev–Trinajstić information content (AvgIpc) is 3.21. The zero-order valence-corrected chi connectivity index (χ0v) is 38.9. The van der Waals surface area contributed by atoms with Crippen LogP contribution >= 0.6 is 0 Å². The Kier molecular flexibility index (Phi) is 44.2. The summed E-state index contributed by atoms with van der Waals surface area (Å²) in [5.41, 5.74) is 0. The van der Waals surface area contributed by atoms with E-state index >= 15 is 0 Å². The number of esters is 2. The molecule has 0 saturated carbocycles. The van der Waals surface area contributed by atoms with Crippen LogP contribution < -0.4 is 0 Å². The SMILES string of the molecule is CCCCCCCCCCOC(=O)CCCCCCCCN(C=O)C(CCCCCCCCC)CCCCCCCCC(=O)OCC(CCCC)CCCCCC. The molecule has 0 heterocycles. The van der Waals surface area contributed by atoms with E-state index in [1.165, 1.54) is 173 Å². The summed E-state index contributed by atoms with van der Waals surface area (Å²) in [5, 5.41) is 0. The van der Waals surface area contributed by atoms with E-state index in [-0.39, 0.29) is 11.9 Å². The monoisotopic (exact) mass is 806 g/mol. The van der Waals surface area contributed by atoms with Gasteiger partial charge in [0.15, 0.2) is 0 Å². The molecule has 0 aliphatic carbocycles. The highest BCUT2D eigenvalue weighted by molar-refractivity contribution is 5.69. The number of carbonyl (C=O) groups excluding carboxylic acids is 3. The van der Waals surface area contributed by atoms with Crippen molar-refractivity contribution in [2.75, 3.05) is 19.8 Å². The Bertz CT molecular complexity index is 849. The lowest BCUT2D eigenvalue weighted by atomic mass is 9.96. The van der Waals surface area contributed by atoms with Crippen LogP contribution in [-0.2, 0) is 23.9 Å². The van der Waals surface area contributed by atoms with Gasteiger partial charge in [0.1, 0.15) is 0 Å². The minimum absolute atomic E-state index is 0.00591. The molecule has 6 nitrogen and oxygen atoms in total. The molecule has 0 aromatic heterocycles. The third-order valence-electron chi connectivity index (χ3n) is 12.1. The number of nitrogens with zero attached hydrogens (tertiary/aromatic N) is 1. The first-order chi connectivity index (χ1) is 28.0. The Balaban J connectivity index is 4.29. The van der Waals surface area contributed by atoms with Gasteiger partial charge < -0.3 is 14.4 Å². The first kappa shape index (κ1) is 55.4. The summed E-state index contributed by atoms with van der Waals surface area (Å²) in [7, 11) is 0. The molecule has 0 aliphatic rings. The molecular formula is C51H99NO5. The molecule has 57 heavy (non-hydrogen) atoms. The Morgan fingerprint density at radius 3 is 1.28 bits per heavy atom. The van der Waals surface area contributed by atoms with Crippen molar-refractivity contribution in [3.05, 3.63) is 0 Å². The van der Waals surface area contributed by atoms with Crippen molar-refractivity contribution in [2.45, 2.75) is 284 Å². The predicted molar refractivity (Wildman–Crippen MR) is 245 cm³/mol. The second kappa shape index (κ2) is 45.5. The molecule has 2 atom stereocenters. The van der Waals surface area contributed by atoms with Crippen LogP contribution in [0.1, 0.15) is 278 Å². The van der Waals surface area contributed by atoms with E-state index in [1.54, 1.807) is 0 Å². The number of hydrogen-bond donors (Lipinski definition) is 0. The van der Waals surface area contributed by atoms with Crippen LogP contribution in [0.5, 0.6) is 0 Å². The standard InChI is InChI=1S/C51H99NO5/c1-5-9-13-16-18-24-30-37-45-56-50(54)42-34-28-22-23-29-36-44-52(47-53)49(40-32-25-19-17-14-10-6-2)41-33-26-20-21-27-35-43-51(55)57-46-48(38-12-8-4)39-31-15-11-7-3/h47-49H,5-46H2,1-4H3. The number of rotatable bonds is 47. The lowest BCUT2D eigenvalue weighted by Crippen LogP contribution is -2.35. The van der Waals surface area contributed by atoms with Crippen molar-refractivity contribution in [3.63, 3.8) is 0 Å². The molecule has 0 bridgehead atoms. The van der Waals surface area contributed by atoms with Gasteiger partial charge in [0.2, 0.25) is 6.41 Å². The van der Waals surface area contributed by atoms with Crippen LogP contribution in [0.3, 0.4) is 0 Å². The van der Waals surface area contributed by atoms with Crippen molar-refractivity contribution in [2.24, 2.45) is 5.92 Å². The maximum absolute atomic E-state index is 12.5. The van der Waals surface area contributed by atoms with Crippen LogP contribution in [0.4, 0.5) is 0 Å². The normalized spacial score (nSPS) is 12.4. The summed E-state index contributed by atoms with van der Waals surface area (Å²) in [6.45, 7) is 11.1. The van der Waals surface area contributed by atoms with Gasteiger partial charge in [0, 0.05) is 25.4 Å². The van der Waals surface area contributed by atoms with E-state index in [1.807, 2.05) is 0 Å². The summed E-state index contributed by atoms with van der Waals surface area (Å²) in [4.78, 5) is 39.0. The van der Waals surface area contributed by atoms with Crippen molar-refractivity contribution in [1.29, 1.82) is 0 Å². The van der Waals surface area contributed by atoms with Gasteiger partial charge in [0.25, 0.3) is 0 Å². The minimum Gasteiger partial charge on any atom is -0.466 e. The number of ether oxygens (including phenoxy) is 2. The number of hydrogen-bond acceptors (Lipinski definition) is 5. The van der Waals surface area contributed by atoms with Gasteiger partial charge in [-0.05, 0) is 57.3 Å². The average molecular weight is 806 g/mol. The van der Waals surface area contributed by atoms with Crippen molar-refractivity contribution < 1.29 is 23.9 Å². The third kappa shape index (κ3) is 39.6. The van der Waals surface area contributed by atoms with Gasteiger partial charge in [-0.2, -0.15) is 0 Å². The fraction of sp³-hybridized carbons (Fsp3) is 0.941. The maximum Gasteiger partial charge on any atom is 0.305 e. The Labute approximate surface area is 355 Å². The molecule has 338 valence electrons. The van der Waals surface area contributed by atoms with Crippen LogP contribution in [0.25, 0.3) is 0 Å². The van der Waals surface area contributed by atoms with Crippen molar-refractivity contribution in [1.82, 2.24) is 4.90 Å². The van der Waals surface area contributed by atoms with Crippen LogP contribution in [0.2, 0.25) is 0 Å². The van der Waals surface area contributed by atoms with E-state index < -0.39 is 0 Å². The summed E-state index contributed by atoms with van der Waals surface area (Å²) >= 11 is 0. The van der Waals surface area contributed by atoms with E-state index in [0.29, 0.717) is 38.0 Å². The Morgan fingerprint density at radius 2 is 0.789 bits per heavy atom. The zero-order chi connectivity index (χ0) is 41.7. The highest BCUT2D eigenvalue weighted by Crippen LogP contribution is 2.21. The first-order valence-corrected chi connectivity index (χ1v) is 25.5. The van der Waals surface area contributed by atoms with Crippen LogP contribution in [0.15, 0.2) is 0 Å². The molecular weight excluding hydrogens is 707 g/mol. The van der Waals surface area contributed by atoms with Gasteiger partial charge in [-0.25, -0.2) is 0 Å². The number of carbonyl (C=O) groups is 3. The lowest BCUT2D eigenvalue weighted by molar-refractivity contribution is -0.145. The molecule has 1 amide bonds. The number of unbranched alkanes of at least 4 members (excludes halogenated alkanes) is 27. The molecule has 0 fully saturated rings. The lowest BCUT2D eigenvalue weighted by Gasteiger charge is -2.29. The van der Waals surface area contributed by atoms with Gasteiger partial charge in [-0.15, -0.1) is 0 Å². The summed E-state index contributed by atoms with van der Waals surface area (Å²) in [5.74, 6) is 0.497. The maximum atomic E-state index is 12.5. The highest BCUT2D eigenvalue weighted by Gasteiger charge is 2.17. The molecule has 0 rings (SSSR count). The third-order valence-corrected chi connectivity index (χ3v) is 12.1. The molecule has 0 spiro atoms. The molecule has 0 N–H and O–H groups in total. The molecule has 0 aromatic rings. The van der Waals surface area contributed by atoms with Crippen LogP contribution in [-0.4, -0.2) is 49.0 Å². The summed E-state index contributed by atoms with van der Waals surface area (Å²) < 4.78 is 11.2. The smallest absolute Gasteiger partial charge is 0.305 e. The first-order valence-electron chi connectivity index (χ1n) is 25.5. The van der Waals surface area contributed by atoms with Crippen molar-refractivity contribution in [3.8, 4) is 0 Å². The predicted octanol–water partition coefficient (Wildman–Crippen LogP) is 15.8. The Morgan fingerprint density at radius 1 is 0.421 bits per heavy atom. The molecule has 0 saturated heterocycles.